The largest absolute Gasteiger partial charge is 0.494 e. The molecule has 0 unspecified atom stereocenters. The fourth-order valence-electron chi connectivity index (χ4n) is 1.17. The highest BCUT2D eigenvalue weighted by Gasteiger charge is 2.07. The van der Waals surface area contributed by atoms with Crippen LogP contribution in [-0.4, -0.2) is 6.61 Å². The fourth-order valence-corrected chi connectivity index (χ4v) is 1.17. The number of hydrogen-bond acceptors (Lipinski definition) is 2. The van der Waals surface area contributed by atoms with E-state index in [1.165, 1.54) is 6.07 Å². The second kappa shape index (κ2) is 4.77. The van der Waals surface area contributed by atoms with E-state index in [4.69, 9.17) is 10.5 Å². The summed E-state index contributed by atoms with van der Waals surface area (Å²) in [6, 6.07) is 4.69. The molecule has 76 valence electrons. The molecule has 0 saturated heterocycles. The highest BCUT2D eigenvalue weighted by atomic mass is 19.1. The van der Waals surface area contributed by atoms with Crippen LogP contribution in [-0.2, 0) is 11.3 Å². The number of hydrogen-bond donors (Lipinski definition) is 1. The predicted molar refractivity (Wildman–Crippen MR) is 55.0 cm³/mol. The first-order valence-electron chi connectivity index (χ1n) is 4.49. The number of halogens is 1. The minimum Gasteiger partial charge on any atom is -0.494 e. The molecule has 2 N–H and O–H groups in total. The van der Waals surface area contributed by atoms with Crippen LogP contribution in [0, 0.1) is 5.82 Å². The zero-order chi connectivity index (χ0) is 10.6. The molecular weight excluding hydrogens is 181 g/mol. The lowest BCUT2D eigenvalue weighted by Gasteiger charge is -2.09. The van der Waals surface area contributed by atoms with Gasteiger partial charge in [-0.3, -0.25) is 0 Å². The first-order chi connectivity index (χ1) is 6.69. The van der Waals surface area contributed by atoms with E-state index in [1.54, 1.807) is 12.1 Å². The van der Waals surface area contributed by atoms with Gasteiger partial charge >= 0.3 is 0 Å². The predicted octanol–water partition coefficient (Wildman–Crippen LogP) is 2.29. The summed E-state index contributed by atoms with van der Waals surface area (Å²) >= 11 is 0. The summed E-state index contributed by atoms with van der Waals surface area (Å²) < 4.78 is 18.4. The third-order valence-electron chi connectivity index (χ3n) is 1.89. The van der Waals surface area contributed by atoms with E-state index in [-0.39, 0.29) is 5.82 Å². The topological polar surface area (TPSA) is 35.2 Å². The second-order valence-corrected chi connectivity index (χ2v) is 2.87. The molecule has 1 aromatic carbocycles. The highest BCUT2D eigenvalue weighted by molar-refractivity contribution is 5.58. The molecule has 0 aromatic heterocycles. The summed E-state index contributed by atoms with van der Waals surface area (Å²) in [6.07, 6.45) is 0. The second-order valence-electron chi connectivity index (χ2n) is 2.87. The van der Waals surface area contributed by atoms with E-state index < -0.39 is 0 Å². The van der Waals surface area contributed by atoms with Crippen LogP contribution in [0.1, 0.15) is 18.1 Å². The van der Waals surface area contributed by atoms with Crippen LogP contribution in [0.5, 0.6) is 0 Å². The molecule has 0 heterocycles. The van der Waals surface area contributed by atoms with Gasteiger partial charge in [-0.1, -0.05) is 12.6 Å². The Morgan fingerprint density at radius 3 is 2.86 bits per heavy atom. The lowest BCUT2D eigenvalue weighted by atomic mass is 10.1. The maximum Gasteiger partial charge on any atom is 0.134 e. The average molecular weight is 195 g/mol. The molecule has 0 amide bonds. The van der Waals surface area contributed by atoms with Crippen molar-refractivity contribution in [3.05, 3.63) is 41.7 Å². The number of rotatable bonds is 4. The first-order valence-corrected chi connectivity index (χ1v) is 4.49. The minimum absolute atomic E-state index is 0.333. The van der Waals surface area contributed by atoms with Crippen LogP contribution < -0.4 is 5.73 Å². The number of benzene rings is 1. The average Bonchev–Trinajstić information content (AvgIpc) is 2.19. The van der Waals surface area contributed by atoms with Gasteiger partial charge in [-0.05, 0) is 24.6 Å². The van der Waals surface area contributed by atoms with Crippen molar-refractivity contribution in [3.8, 4) is 0 Å². The SMILES string of the molecule is C=C(OCC)c1cc(CN)ccc1F. The van der Waals surface area contributed by atoms with E-state index in [9.17, 15) is 4.39 Å². The smallest absolute Gasteiger partial charge is 0.134 e. The molecule has 0 atom stereocenters. The molecule has 0 aliphatic rings. The summed E-state index contributed by atoms with van der Waals surface area (Å²) in [5.74, 6) is 0.0148. The van der Waals surface area contributed by atoms with Crippen LogP contribution in [0.2, 0.25) is 0 Å². The molecular formula is C11H14FNO. The van der Waals surface area contributed by atoms with E-state index >= 15 is 0 Å². The summed E-state index contributed by atoms with van der Waals surface area (Å²) in [5, 5.41) is 0. The molecule has 0 fully saturated rings. The van der Waals surface area contributed by atoms with Gasteiger partial charge in [0.2, 0.25) is 0 Å². The Hall–Kier alpha value is -1.35. The summed E-state index contributed by atoms with van der Waals surface area (Å²) in [7, 11) is 0. The maximum atomic E-state index is 13.3. The van der Waals surface area contributed by atoms with Gasteiger partial charge in [-0.2, -0.15) is 0 Å². The van der Waals surface area contributed by atoms with Gasteiger partial charge in [0.1, 0.15) is 11.6 Å². The number of nitrogens with two attached hydrogens (primary N) is 1. The Bertz CT molecular complexity index is 336. The van der Waals surface area contributed by atoms with Crippen LogP contribution in [0.25, 0.3) is 5.76 Å². The van der Waals surface area contributed by atoms with E-state index in [1.807, 2.05) is 6.92 Å². The molecule has 0 aliphatic carbocycles. The van der Waals surface area contributed by atoms with Gasteiger partial charge in [0, 0.05) is 6.54 Å². The van der Waals surface area contributed by atoms with Crippen molar-refractivity contribution in [1.29, 1.82) is 0 Å². The third kappa shape index (κ3) is 2.33. The lowest BCUT2D eigenvalue weighted by Crippen LogP contribution is -2.00. The Kier molecular flexibility index (Phi) is 3.65. The van der Waals surface area contributed by atoms with E-state index in [2.05, 4.69) is 6.58 Å². The molecule has 0 spiro atoms. The Morgan fingerprint density at radius 1 is 1.57 bits per heavy atom. The van der Waals surface area contributed by atoms with Crippen LogP contribution in [0.15, 0.2) is 24.8 Å². The van der Waals surface area contributed by atoms with Gasteiger partial charge in [-0.15, -0.1) is 0 Å². The molecule has 3 heteroatoms. The quantitative estimate of drug-likeness (QED) is 0.748. The summed E-state index contributed by atoms with van der Waals surface area (Å²) in [4.78, 5) is 0. The van der Waals surface area contributed by atoms with Crippen molar-refractivity contribution in [2.45, 2.75) is 13.5 Å². The van der Waals surface area contributed by atoms with Crippen molar-refractivity contribution in [2.24, 2.45) is 5.73 Å². The standard InChI is InChI=1S/C11H14FNO/c1-3-14-8(2)10-6-9(7-13)4-5-11(10)12/h4-6H,2-3,7,13H2,1H3. The molecule has 0 saturated carbocycles. The maximum absolute atomic E-state index is 13.3. The molecule has 0 radical (unpaired) electrons. The summed E-state index contributed by atoms with van der Waals surface area (Å²) in [5.41, 5.74) is 6.70. The molecule has 14 heavy (non-hydrogen) atoms. The zero-order valence-electron chi connectivity index (χ0n) is 8.22. The van der Waals surface area contributed by atoms with Crippen molar-refractivity contribution in [2.75, 3.05) is 6.61 Å². The molecule has 0 aliphatic heterocycles. The molecule has 1 rings (SSSR count). The Labute approximate surface area is 83.2 Å². The minimum atomic E-state index is -0.333. The first kappa shape index (κ1) is 10.7. The number of ether oxygens (including phenoxy) is 1. The van der Waals surface area contributed by atoms with Gasteiger partial charge in [-0.25, -0.2) is 4.39 Å². The molecule has 2 nitrogen and oxygen atoms in total. The normalized spacial score (nSPS) is 9.93. The third-order valence-corrected chi connectivity index (χ3v) is 1.89. The molecule has 1 aromatic rings. The van der Waals surface area contributed by atoms with Gasteiger partial charge < -0.3 is 10.5 Å². The van der Waals surface area contributed by atoms with Crippen LogP contribution in [0.3, 0.4) is 0 Å². The Balaban J connectivity index is 2.99. The van der Waals surface area contributed by atoms with E-state index in [0.29, 0.717) is 24.5 Å². The van der Waals surface area contributed by atoms with Crippen molar-refractivity contribution >= 4 is 5.76 Å². The van der Waals surface area contributed by atoms with Gasteiger partial charge in [0.15, 0.2) is 0 Å². The Morgan fingerprint density at radius 2 is 2.29 bits per heavy atom. The fraction of sp³-hybridized carbons (Fsp3) is 0.273. The lowest BCUT2D eigenvalue weighted by molar-refractivity contribution is 0.297. The zero-order valence-corrected chi connectivity index (χ0v) is 8.22. The monoisotopic (exact) mass is 195 g/mol. The molecule has 0 bridgehead atoms. The van der Waals surface area contributed by atoms with Crippen molar-refractivity contribution in [1.82, 2.24) is 0 Å². The van der Waals surface area contributed by atoms with Crippen molar-refractivity contribution in [3.63, 3.8) is 0 Å². The summed E-state index contributed by atoms with van der Waals surface area (Å²) in [6.45, 7) is 6.34. The van der Waals surface area contributed by atoms with Crippen LogP contribution in [0.4, 0.5) is 4.39 Å². The van der Waals surface area contributed by atoms with Gasteiger partial charge in [0.25, 0.3) is 0 Å². The van der Waals surface area contributed by atoms with Crippen LogP contribution >= 0.6 is 0 Å². The highest BCUT2D eigenvalue weighted by Crippen LogP contribution is 2.19. The van der Waals surface area contributed by atoms with E-state index in [0.717, 1.165) is 5.56 Å². The van der Waals surface area contributed by atoms with Crippen molar-refractivity contribution < 1.29 is 9.13 Å². The van der Waals surface area contributed by atoms with Gasteiger partial charge in [0.05, 0.1) is 12.2 Å².